The van der Waals surface area contributed by atoms with Gasteiger partial charge < -0.3 is 0 Å². The van der Waals surface area contributed by atoms with Crippen molar-refractivity contribution in [3.05, 3.63) is 46.8 Å². The second kappa shape index (κ2) is 5.27. The van der Waals surface area contributed by atoms with E-state index >= 15 is 0 Å². The highest BCUT2D eigenvalue weighted by Crippen LogP contribution is 2.16. The van der Waals surface area contributed by atoms with Gasteiger partial charge in [-0.2, -0.15) is 5.10 Å². The lowest BCUT2D eigenvalue weighted by Crippen LogP contribution is -2.12. The minimum Gasteiger partial charge on any atom is -0.294 e. The van der Waals surface area contributed by atoms with Crippen molar-refractivity contribution in [1.29, 1.82) is 0 Å². The van der Waals surface area contributed by atoms with Gasteiger partial charge in [0.15, 0.2) is 5.78 Å². The summed E-state index contributed by atoms with van der Waals surface area (Å²) in [4.78, 5) is 15.9. The summed E-state index contributed by atoms with van der Waals surface area (Å²) >= 11 is 5.63. The molecule has 0 radical (unpaired) electrons. The molecule has 0 atom stereocenters. The van der Waals surface area contributed by atoms with E-state index in [1.165, 1.54) is 18.5 Å². The van der Waals surface area contributed by atoms with E-state index in [1.807, 2.05) is 6.92 Å². The molecule has 0 bridgehead atoms. The van der Waals surface area contributed by atoms with Crippen LogP contribution < -0.4 is 0 Å². The molecule has 18 heavy (non-hydrogen) atoms. The molecule has 94 valence electrons. The van der Waals surface area contributed by atoms with Crippen molar-refractivity contribution < 1.29 is 9.18 Å². The molecule has 0 aliphatic rings. The Bertz CT molecular complexity index is 582. The second-order valence-electron chi connectivity index (χ2n) is 3.72. The number of Topliss-reactive ketones (excluding diaryl/α,β-unsaturated/α-hetero) is 1. The predicted molar refractivity (Wildman–Crippen MR) is 65.1 cm³/mol. The fraction of sp³-hybridized carbons (Fsp3) is 0.250. The molecule has 2 aromatic rings. The van der Waals surface area contributed by atoms with Gasteiger partial charge in [-0.05, 0) is 25.1 Å². The molecular formula is C12H11ClFN3O. The fourth-order valence-electron chi connectivity index (χ4n) is 1.64. The second-order valence-corrected chi connectivity index (χ2v) is 4.15. The highest BCUT2D eigenvalue weighted by atomic mass is 35.5. The third kappa shape index (κ3) is 2.56. The maximum absolute atomic E-state index is 13.6. The maximum Gasteiger partial charge on any atom is 0.173 e. The average Bonchev–Trinajstić information content (AvgIpc) is 2.76. The van der Waals surface area contributed by atoms with Crippen molar-refractivity contribution in [3.63, 3.8) is 0 Å². The Labute approximate surface area is 108 Å². The Morgan fingerprint density at radius 1 is 1.50 bits per heavy atom. The summed E-state index contributed by atoms with van der Waals surface area (Å²) in [6.07, 6.45) is 1.40. The van der Waals surface area contributed by atoms with E-state index in [4.69, 9.17) is 11.6 Å². The summed E-state index contributed by atoms with van der Waals surface area (Å²) in [5.41, 5.74) is 0.0186. The van der Waals surface area contributed by atoms with Gasteiger partial charge in [-0.1, -0.05) is 11.6 Å². The summed E-state index contributed by atoms with van der Waals surface area (Å²) < 4.78 is 15.2. The Morgan fingerprint density at radius 2 is 2.28 bits per heavy atom. The normalized spacial score (nSPS) is 10.6. The van der Waals surface area contributed by atoms with Gasteiger partial charge in [0.25, 0.3) is 0 Å². The first-order valence-corrected chi connectivity index (χ1v) is 5.84. The van der Waals surface area contributed by atoms with Gasteiger partial charge in [0.1, 0.15) is 18.0 Å². The highest BCUT2D eigenvalue weighted by Gasteiger charge is 2.15. The molecule has 1 aromatic heterocycles. The maximum atomic E-state index is 13.6. The summed E-state index contributed by atoms with van der Waals surface area (Å²) in [6, 6.07) is 3.99. The first-order chi connectivity index (χ1) is 8.61. The molecule has 4 nitrogen and oxygen atoms in total. The van der Waals surface area contributed by atoms with Crippen LogP contribution in [-0.4, -0.2) is 20.5 Å². The van der Waals surface area contributed by atoms with Gasteiger partial charge in [0.2, 0.25) is 0 Å². The summed E-state index contributed by atoms with van der Waals surface area (Å²) in [7, 11) is 0. The third-order valence-electron chi connectivity index (χ3n) is 2.55. The minimum absolute atomic E-state index is 0.0186. The molecule has 0 saturated heterocycles. The lowest BCUT2D eigenvalue weighted by Gasteiger charge is -2.04. The molecule has 6 heteroatoms. The van der Waals surface area contributed by atoms with E-state index in [2.05, 4.69) is 10.1 Å². The van der Waals surface area contributed by atoms with Crippen molar-refractivity contribution in [2.24, 2.45) is 0 Å². The molecule has 1 aromatic carbocycles. The summed E-state index contributed by atoms with van der Waals surface area (Å²) in [5, 5.41) is 4.22. The van der Waals surface area contributed by atoms with Crippen molar-refractivity contribution in [3.8, 4) is 0 Å². The Morgan fingerprint density at radius 3 is 2.94 bits per heavy atom. The molecule has 0 saturated carbocycles. The van der Waals surface area contributed by atoms with Crippen molar-refractivity contribution >= 4 is 17.4 Å². The Balaban J connectivity index is 2.22. The molecule has 0 unspecified atom stereocenters. The Hall–Kier alpha value is -1.75. The number of benzene rings is 1. The lowest BCUT2D eigenvalue weighted by molar-refractivity contribution is 0.0985. The van der Waals surface area contributed by atoms with Crippen molar-refractivity contribution in [2.75, 3.05) is 0 Å². The smallest absolute Gasteiger partial charge is 0.173 e. The van der Waals surface area contributed by atoms with Gasteiger partial charge >= 0.3 is 0 Å². The number of nitrogens with zero attached hydrogens (tertiary/aromatic N) is 3. The number of hydrogen-bond acceptors (Lipinski definition) is 3. The van der Waals surface area contributed by atoms with Gasteiger partial charge in [0.05, 0.1) is 12.0 Å². The zero-order valence-corrected chi connectivity index (χ0v) is 10.5. The number of rotatable bonds is 4. The van der Waals surface area contributed by atoms with Gasteiger partial charge in [-0.25, -0.2) is 14.1 Å². The molecule has 0 fully saturated rings. The third-order valence-corrected chi connectivity index (χ3v) is 2.78. The van der Waals surface area contributed by atoms with Gasteiger partial charge in [-0.15, -0.1) is 0 Å². The van der Waals surface area contributed by atoms with Crippen LogP contribution in [0.1, 0.15) is 23.1 Å². The van der Waals surface area contributed by atoms with E-state index in [0.29, 0.717) is 12.4 Å². The van der Waals surface area contributed by atoms with Crippen LogP contribution in [0.15, 0.2) is 24.5 Å². The van der Waals surface area contributed by atoms with E-state index in [-0.39, 0.29) is 22.8 Å². The molecule has 0 aliphatic heterocycles. The van der Waals surface area contributed by atoms with Crippen molar-refractivity contribution in [1.82, 2.24) is 14.8 Å². The van der Waals surface area contributed by atoms with Crippen LogP contribution in [0.3, 0.4) is 0 Å². The van der Waals surface area contributed by atoms with E-state index in [0.717, 1.165) is 6.07 Å². The van der Waals surface area contributed by atoms with Crippen LogP contribution in [-0.2, 0) is 13.0 Å². The topological polar surface area (TPSA) is 47.8 Å². The van der Waals surface area contributed by atoms with Gasteiger partial charge in [0, 0.05) is 11.6 Å². The molecular weight excluding hydrogens is 257 g/mol. The number of aromatic nitrogens is 3. The number of carbonyl (C=O) groups excluding carboxylic acids is 1. The quantitative estimate of drug-likeness (QED) is 0.800. The molecule has 1 heterocycles. The molecule has 2 rings (SSSR count). The van der Waals surface area contributed by atoms with Crippen molar-refractivity contribution in [2.45, 2.75) is 19.9 Å². The molecule has 0 spiro atoms. The van der Waals surface area contributed by atoms with Gasteiger partial charge in [-0.3, -0.25) is 4.79 Å². The fourth-order valence-corrected chi connectivity index (χ4v) is 1.80. The first-order valence-electron chi connectivity index (χ1n) is 5.46. The Kier molecular flexibility index (Phi) is 3.72. The number of hydrogen-bond donors (Lipinski definition) is 0. The standard InChI is InChI=1S/C12H11ClFN3O/c1-2-17-12(15-7-16-17)6-11(18)9-4-3-8(13)5-10(9)14/h3-5,7H,2,6H2,1H3. The number of halogens is 2. The molecule has 0 N–H and O–H groups in total. The number of ketones is 1. The first kappa shape index (κ1) is 12.7. The largest absolute Gasteiger partial charge is 0.294 e. The molecule has 0 amide bonds. The lowest BCUT2D eigenvalue weighted by atomic mass is 10.1. The van der Waals surface area contributed by atoms with E-state index in [9.17, 15) is 9.18 Å². The van der Waals surface area contributed by atoms with Crippen LogP contribution in [0.25, 0.3) is 0 Å². The van der Waals surface area contributed by atoms with Crippen LogP contribution in [0.5, 0.6) is 0 Å². The monoisotopic (exact) mass is 267 g/mol. The van der Waals surface area contributed by atoms with Crippen LogP contribution >= 0.6 is 11.6 Å². The van der Waals surface area contributed by atoms with E-state index in [1.54, 1.807) is 4.68 Å². The summed E-state index contributed by atoms with van der Waals surface area (Å²) in [5.74, 6) is -0.432. The van der Waals surface area contributed by atoms with Crippen LogP contribution in [0, 0.1) is 5.82 Å². The molecule has 0 aliphatic carbocycles. The zero-order valence-electron chi connectivity index (χ0n) is 9.73. The zero-order chi connectivity index (χ0) is 13.1. The number of aryl methyl sites for hydroxylation is 1. The minimum atomic E-state index is -0.616. The SMILES string of the molecule is CCn1ncnc1CC(=O)c1ccc(Cl)cc1F. The average molecular weight is 268 g/mol. The van der Waals surface area contributed by atoms with Crippen LogP contribution in [0.2, 0.25) is 5.02 Å². The predicted octanol–water partition coefficient (Wildman–Crippen LogP) is 2.52. The van der Waals surface area contributed by atoms with Crippen LogP contribution in [0.4, 0.5) is 4.39 Å². The highest BCUT2D eigenvalue weighted by molar-refractivity contribution is 6.30. The summed E-state index contributed by atoms with van der Waals surface area (Å²) in [6.45, 7) is 2.51. The van der Waals surface area contributed by atoms with E-state index < -0.39 is 5.82 Å². The number of carbonyl (C=O) groups is 1.